The fourth-order valence-electron chi connectivity index (χ4n) is 2.64. The van der Waals surface area contributed by atoms with Crippen molar-refractivity contribution in [1.82, 2.24) is 15.1 Å². The van der Waals surface area contributed by atoms with Crippen molar-refractivity contribution in [1.29, 1.82) is 0 Å². The average Bonchev–Trinajstić information content (AvgIpc) is 3.36. The first-order valence-corrected chi connectivity index (χ1v) is 9.01. The van der Waals surface area contributed by atoms with E-state index in [4.69, 9.17) is 16.3 Å². The van der Waals surface area contributed by atoms with Crippen LogP contribution in [0.1, 0.15) is 36.6 Å². The highest BCUT2D eigenvalue weighted by Crippen LogP contribution is 2.42. The summed E-state index contributed by atoms with van der Waals surface area (Å²) in [6.45, 7) is 0.503. The molecular weight excluding hydrogens is 383 g/mol. The van der Waals surface area contributed by atoms with Gasteiger partial charge in [-0.15, -0.1) is 0 Å². The zero-order valence-corrected chi connectivity index (χ0v) is 15.2. The van der Waals surface area contributed by atoms with Gasteiger partial charge in [-0.1, -0.05) is 11.6 Å². The van der Waals surface area contributed by atoms with Crippen LogP contribution in [-0.4, -0.2) is 28.8 Å². The number of alkyl halides is 3. The molecule has 1 aliphatic rings. The van der Waals surface area contributed by atoms with Gasteiger partial charge >= 0.3 is 6.18 Å². The van der Waals surface area contributed by atoms with E-state index in [9.17, 15) is 18.0 Å². The summed E-state index contributed by atoms with van der Waals surface area (Å²) in [6.07, 6.45) is -2.18. The molecule has 1 aromatic heterocycles. The second-order valence-electron chi connectivity index (χ2n) is 6.40. The van der Waals surface area contributed by atoms with Gasteiger partial charge in [-0.25, -0.2) is 0 Å². The molecule has 9 heteroatoms. The summed E-state index contributed by atoms with van der Waals surface area (Å²) in [6, 6.07) is 7.77. The maximum absolute atomic E-state index is 12.9. The highest BCUT2D eigenvalue weighted by atomic mass is 35.5. The molecule has 0 bridgehead atoms. The van der Waals surface area contributed by atoms with Gasteiger partial charge in [0, 0.05) is 29.7 Å². The van der Waals surface area contributed by atoms with Crippen LogP contribution in [0.15, 0.2) is 30.3 Å². The molecule has 0 atom stereocenters. The predicted molar refractivity (Wildman–Crippen MR) is 93.8 cm³/mol. The van der Waals surface area contributed by atoms with Crippen molar-refractivity contribution in [2.75, 3.05) is 13.2 Å². The molecule has 1 aromatic carbocycles. The molecule has 0 unspecified atom stereocenters. The zero-order valence-electron chi connectivity index (χ0n) is 14.4. The van der Waals surface area contributed by atoms with Gasteiger partial charge in [0.1, 0.15) is 5.75 Å². The maximum atomic E-state index is 12.9. The molecule has 0 saturated heterocycles. The molecule has 5 nitrogen and oxygen atoms in total. The van der Waals surface area contributed by atoms with Crippen molar-refractivity contribution in [3.63, 3.8) is 0 Å². The zero-order chi connectivity index (χ0) is 19.4. The Morgan fingerprint density at radius 3 is 2.63 bits per heavy atom. The summed E-state index contributed by atoms with van der Waals surface area (Å²) < 4.78 is 45.3. The van der Waals surface area contributed by atoms with Crippen LogP contribution in [0.5, 0.6) is 5.75 Å². The number of aryl methyl sites for hydroxylation is 1. The summed E-state index contributed by atoms with van der Waals surface area (Å²) in [4.78, 5) is 11.8. The lowest BCUT2D eigenvalue weighted by molar-refractivity contribution is -0.141. The Labute approximate surface area is 159 Å². The number of halogens is 4. The lowest BCUT2D eigenvalue weighted by atomic mass is 10.2. The molecule has 146 valence electrons. The van der Waals surface area contributed by atoms with Crippen LogP contribution >= 0.6 is 11.6 Å². The van der Waals surface area contributed by atoms with E-state index in [0.29, 0.717) is 36.0 Å². The second-order valence-corrected chi connectivity index (χ2v) is 6.83. The van der Waals surface area contributed by atoms with Crippen LogP contribution in [0.25, 0.3) is 0 Å². The topological polar surface area (TPSA) is 56.1 Å². The van der Waals surface area contributed by atoms with Gasteiger partial charge in [0.25, 0.3) is 5.91 Å². The number of rotatable bonds is 8. The van der Waals surface area contributed by atoms with Crippen molar-refractivity contribution in [3.05, 3.63) is 46.7 Å². The third-order valence-corrected chi connectivity index (χ3v) is 4.40. The first-order chi connectivity index (χ1) is 12.8. The highest BCUT2D eigenvalue weighted by Gasteiger charge is 2.37. The summed E-state index contributed by atoms with van der Waals surface area (Å²) in [5.41, 5.74) is -0.232. The van der Waals surface area contributed by atoms with Crippen LogP contribution in [0.4, 0.5) is 13.2 Å². The van der Waals surface area contributed by atoms with E-state index < -0.39 is 11.9 Å². The quantitative estimate of drug-likeness (QED) is 0.680. The standard InChI is InChI=1S/C18H19ClF3N3O2/c19-13-4-6-14(7-5-13)27-11-17(26)23-8-1-9-25-15(12-2-3-12)10-16(24-25)18(20,21)22/h4-7,10,12H,1-3,8-9,11H2,(H,23,26). The summed E-state index contributed by atoms with van der Waals surface area (Å²) in [5.74, 6) is 0.389. The first-order valence-electron chi connectivity index (χ1n) is 8.63. The second kappa shape index (κ2) is 8.21. The van der Waals surface area contributed by atoms with Gasteiger partial charge in [0.05, 0.1) is 0 Å². The Bertz CT molecular complexity index is 786. The summed E-state index contributed by atoms with van der Waals surface area (Å²) >= 11 is 5.77. The molecule has 1 heterocycles. The normalized spacial score (nSPS) is 14.2. The lowest BCUT2D eigenvalue weighted by Gasteiger charge is -2.09. The number of ether oxygens (including phenoxy) is 1. The van der Waals surface area contributed by atoms with Crippen molar-refractivity contribution in [2.24, 2.45) is 0 Å². The summed E-state index contributed by atoms with van der Waals surface area (Å²) in [5, 5.41) is 6.94. The van der Waals surface area contributed by atoms with E-state index in [1.54, 1.807) is 24.3 Å². The number of nitrogens with zero attached hydrogens (tertiary/aromatic N) is 2. The third kappa shape index (κ3) is 5.63. The molecule has 27 heavy (non-hydrogen) atoms. The number of carbonyl (C=O) groups excluding carboxylic acids is 1. The predicted octanol–water partition coefficient (Wildman–Crippen LogP) is 4.02. The van der Waals surface area contributed by atoms with E-state index in [1.807, 2.05) is 0 Å². The van der Waals surface area contributed by atoms with E-state index in [-0.39, 0.29) is 18.4 Å². The minimum absolute atomic E-state index is 0.144. The van der Waals surface area contributed by atoms with Crippen LogP contribution in [0.3, 0.4) is 0 Å². The minimum Gasteiger partial charge on any atom is -0.484 e. The van der Waals surface area contributed by atoms with Gasteiger partial charge in [-0.3, -0.25) is 9.48 Å². The summed E-state index contributed by atoms with van der Waals surface area (Å²) in [7, 11) is 0. The van der Waals surface area contributed by atoms with Gasteiger partial charge in [-0.2, -0.15) is 18.3 Å². The number of hydrogen-bond acceptors (Lipinski definition) is 3. The molecule has 0 aliphatic heterocycles. The SMILES string of the molecule is O=C(COc1ccc(Cl)cc1)NCCCn1nc(C(F)(F)F)cc1C1CC1. The molecular formula is C18H19ClF3N3O2. The van der Waals surface area contributed by atoms with Crippen molar-refractivity contribution in [2.45, 2.75) is 37.9 Å². The molecule has 1 fully saturated rings. The highest BCUT2D eigenvalue weighted by molar-refractivity contribution is 6.30. The van der Waals surface area contributed by atoms with Gasteiger partial charge in [0.2, 0.25) is 0 Å². The number of amides is 1. The molecule has 3 rings (SSSR count). The van der Waals surface area contributed by atoms with Gasteiger partial charge in [-0.05, 0) is 49.6 Å². The van der Waals surface area contributed by atoms with Crippen LogP contribution in [-0.2, 0) is 17.5 Å². The Kier molecular flexibility index (Phi) is 5.94. The van der Waals surface area contributed by atoms with Crippen LogP contribution < -0.4 is 10.1 Å². The van der Waals surface area contributed by atoms with Crippen molar-refractivity contribution in [3.8, 4) is 5.75 Å². The van der Waals surface area contributed by atoms with Crippen LogP contribution in [0, 0.1) is 0 Å². The maximum Gasteiger partial charge on any atom is 0.435 e. The van der Waals surface area contributed by atoms with Crippen LogP contribution in [0.2, 0.25) is 5.02 Å². The average molecular weight is 402 g/mol. The van der Waals surface area contributed by atoms with Crippen molar-refractivity contribution >= 4 is 17.5 Å². The Morgan fingerprint density at radius 1 is 1.30 bits per heavy atom. The number of aromatic nitrogens is 2. The largest absolute Gasteiger partial charge is 0.484 e. The van der Waals surface area contributed by atoms with E-state index in [0.717, 1.165) is 18.9 Å². The minimum atomic E-state index is -4.44. The van der Waals surface area contributed by atoms with Gasteiger partial charge in [0.15, 0.2) is 12.3 Å². The third-order valence-electron chi connectivity index (χ3n) is 4.15. The smallest absolute Gasteiger partial charge is 0.435 e. The molecule has 1 aliphatic carbocycles. The Hall–Kier alpha value is -2.22. The number of nitrogens with one attached hydrogen (secondary N) is 1. The Balaban J connectivity index is 1.42. The first kappa shape index (κ1) is 19.5. The molecule has 1 saturated carbocycles. The van der Waals surface area contributed by atoms with E-state index in [1.165, 1.54) is 4.68 Å². The van der Waals surface area contributed by atoms with Gasteiger partial charge < -0.3 is 10.1 Å². The number of carbonyl (C=O) groups is 1. The molecule has 2 aromatic rings. The molecule has 0 radical (unpaired) electrons. The fraction of sp³-hybridized carbons (Fsp3) is 0.444. The van der Waals surface area contributed by atoms with E-state index >= 15 is 0 Å². The molecule has 1 amide bonds. The van der Waals surface area contributed by atoms with E-state index in [2.05, 4.69) is 10.4 Å². The number of hydrogen-bond donors (Lipinski definition) is 1. The lowest BCUT2D eigenvalue weighted by Crippen LogP contribution is -2.30. The van der Waals surface area contributed by atoms with Crippen molar-refractivity contribution < 1.29 is 22.7 Å². The fourth-order valence-corrected chi connectivity index (χ4v) is 2.77. The number of benzene rings is 1. The monoisotopic (exact) mass is 401 g/mol. The molecule has 0 spiro atoms. The Morgan fingerprint density at radius 2 is 2.00 bits per heavy atom. The molecule has 1 N–H and O–H groups in total.